The van der Waals surface area contributed by atoms with E-state index in [2.05, 4.69) is 20.8 Å². The highest BCUT2D eigenvalue weighted by molar-refractivity contribution is 6.47. The number of hydrogen-bond donors (Lipinski definition) is 1. The number of aliphatic imine (C=N–C) groups is 1. The number of amides is 1. The minimum atomic E-state index is -0.993. The lowest BCUT2D eigenvalue weighted by Gasteiger charge is -2.47. The summed E-state index contributed by atoms with van der Waals surface area (Å²) in [5.74, 6) is -1.23. The van der Waals surface area contributed by atoms with E-state index < -0.39 is 17.4 Å². The number of carbonyl (C=O) groups is 2. The molecular weight excluding hydrogens is 467 g/mol. The van der Waals surface area contributed by atoms with Gasteiger partial charge in [0.2, 0.25) is 0 Å². The van der Waals surface area contributed by atoms with Crippen molar-refractivity contribution in [3.8, 4) is 0 Å². The molecule has 35 heavy (non-hydrogen) atoms. The number of aromatic carboxylic acids is 1. The van der Waals surface area contributed by atoms with Gasteiger partial charge in [0.25, 0.3) is 5.91 Å². The molecule has 1 heterocycles. The molecule has 2 aromatic rings. The van der Waals surface area contributed by atoms with Crippen molar-refractivity contribution in [2.75, 3.05) is 0 Å². The predicted octanol–water partition coefficient (Wildman–Crippen LogP) is 6.89. The van der Waals surface area contributed by atoms with Crippen molar-refractivity contribution >= 4 is 29.2 Å². The lowest BCUT2D eigenvalue weighted by atomic mass is 9.69. The van der Waals surface area contributed by atoms with Crippen LogP contribution in [-0.2, 0) is 4.79 Å². The van der Waals surface area contributed by atoms with Crippen LogP contribution in [0.4, 0.5) is 4.39 Å². The van der Waals surface area contributed by atoms with Gasteiger partial charge in [0.1, 0.15) is 17.2 Å². The van der Waals surface area contributed by atoms with Crippen LogP contribution in [-0.4, -0.2) is 33.3 Å². The molecule has 186 valence electrons. The van der Waals surface area contributed by atoms with Gasteiger partial charge in [0.05, 0.1) is 11.6 Å². The molecule has 0 saturated heterocycles. The van der Waals surface area contributed by atoms with Crippen LogP contribution in [0.2, 0.25) is 5.02 Å². The lowest BCUT2D eigenvalue weighted by Crippen LogP contribution is -2.51. The van der Waals surface area contributed by atoms with Crippen LogP contribution < -0.4 is 0 Å². The molecule has 0 radical (unpaired) electrons. The molecule has 0 bridgehead atoms. The molecule has 7 heteroatoms. The average Bonchev–Trinajstić information content (AvgIpc) is 3.06. The number of nitrogens with zero attached hydrogens (tertiary/aromatic N) is 2. The van der Waals surface area contributed by atoms with E-state index in [-0.39, 0.29) is 33.7 Å². The smallest absolute Gasteiger partial charge is 0.335 e. The lowest BCUT2D eigenvalue weighted by molar-refractivity contribution is -0.133. The monoisotopic (exact) mass is 498 g/mol. The van der Waals surface area contributed by atoms with E-state index in [1.54, 1.807) is 30.3 Å². The van der Waals surface area contributed by atoms with Gasteiger partial charge in [-0.25, -0.2) is 9.18 Å². The van der Waals surface area contributed by atoms with E-state index in [9.17, 15) is 19.1 Å². The van der Waals surface area contributed by atoms with Crippen LogP contribution in [0.5, 0.6) is 0 Å². The summed E-state index contributed by atoms with van der Waals surface area (Å²) in [4.78, 5) is 32.2. The predicted molar refractivity (Wildman–Crippen MR) is 135 cm³/mol. The average molecular weight is 499 g/mol. The molecule has 1 fully saturated rings. The Morgan fingerprint density at radius 3 is 2.34 bits per heavy atom. The number of hydrogen-bond acceptors (Lipinski definition) is 3. The molecule has 0 unspecified atom stereocenters. The fraction of sp³-hybridized carbons (Fsp3) is 0.464. The van der Waals surface area contributed by atoms with Gasteiger partial charge in [-0.1, -0.05) is 51.4 Å². The van der Waals surface area contributed by atoms with Gasteiger partial charge in [0, 0.05) is 10.6 Å². The molecule has 1 spiro atoms. The maximum absolute atomic E-state index is 14.2. The largest absolute Gasteiger partial charge is 0.478 e. The van der Waals surface area contributed by atoms with Crippen LogP contribution >= 0.6 is 11.6 Å². The van der Waals surface area contributed by atoms with Gasteiger partial charge in [-0.2, -0.15) is 0 Å². The molecule has 0 aromatic heterocycles. The van der Waals surface area contributed by atoms with E-state index in [4.69, 9.17) is 16.6 Å². The van der Waals surface area contributed by atoms with Crippen LogP contribution in [0.25, 0.3) is 0 Å². The first-order valence-electron chi connectivity index (χ1n) is 12.2. The molecule has 1 atom stereocenters. The molecule has 5 nitrogen and oxygen atoms in total. The first-order valence-corrected chi connectivity index (χ1v) is 12.6. The molecule has 1 aliphatic heterocycles. The van der Waals surface area contributed by atoms with Crippen molar-refractivity contribution in [1.29, 1.82) is 0 Å². The van der Waals surface area contributed by atoms with Crippen LogP contribution in [0.15, 0.2) is 47.5 Å². The fourth-order valence-corrected chi connectivity index (χ4v) is 5.86. The second-order valence-electron chi connectivity index (χ2n) is 10.8. The highest BCUT2D eigenvalue weighted by Gasteiger charge is 2.52. The summed E-state index contributed by atoms with van der Waals surface area (Å²) in [6, 6.07) is 10.5. The van der Waals surface area contributed by atoms with Gasteiger partial charge >= 0.3 is 5.97 Å². The number of halogens is 2. The van der Waals surface area contributed by atoms with Crippen LogP contribution in [0, 0.1) is 17.2 Å². The number of carboxylic acids is 1. The summed E-state index contributed by atoms with van der Waals surface area (Å²) in [6.07, 6.45) is 3.94. The Bertz CT molecular complexity index is 1140. The second-order valence-corrected chi connectivity index (χ2v) is 11.2. The van der Waals surface area contributed by atoms with Crippen molar-refractivity contribution in [3.63, 3.8) is 0 Å². The SMILES string of the molecule is CC[C@H](c1ccc(C(=O)O)cc1)N1C(=O)C(c2cc(F)cc(Cl)c2)=NC12CCC(C(C)(C)C)CC2. The minimum absolute atomic E-state index is 0.161. The van der Waals surface area contributed by atoms with Gasteiger partial charge in [-0.3, -0.25) is 9.79 Å². The van der Waals surface area contributed by atoms with Crippen molar-refractivity contribution in [2.24, 2.45) is 16.3 Å². The van der Waals surface area contributed by atoms with Gasteiger partial charge in [-0.05, 0) is 79.3 Å². The van der Waals surface area contributed by atoms with Crippen LogP contribution in [0.1, 0.15) is 87.3 Å². The van der Waals surface area contributed by atoms with E-state index in [0.717, 1.165) is 31.2 Å². The third kappa shape index (κ3) is 4.86. The number of carbonyl (C=O) groups excluding carboxylic acids is 1. The Kier molecular flexibility index (Phi) is 6.80. The highest BCUT2D eigenvalue weighted by Crippen LogP contribution is 2.49. The van der Waals surface area contributed by atoms with Crippen LogP contribution in [0.3, 0.4) is 0 Å². The molecule has 1 aliphatic carbocycles. The van der Waals surface area contributed by atoms with Gasteiger partial charge < -0.3 is 10.0 Å². The van der Waals surface area contributed by atoms with Crippen molar-refractivity contribution in [2.45, 2.75) is 71.5 Å². The quantitative estimate of drug-likeness (QED) is 0.487. The summed E-state index contributed by atoms with van der Waals surface area (Å²) < 4.78 is 14.2. The number of carboxylic acid groups (broad SMARTS) is 1. The van der Waals surface area contributed by atoms with E-state index in [0.29, 0.717) is 17.9 Å². The molecule has 1 amide bonds. The Labute approximate surface area is 211 Å². The van der Waals surface area contributed by atoms with E-state index >= 15 is 0 Å². The molecule has 4 rings (SSSR count). The van der Waals surface area contributed by atoms with Crippen molar-refractivity contribution in [1.82, 2.24) is 4.90 Å². The van der Waals surface area contributed by atoms with Crippen molar-refractivity contribution in [3.05, 3.63) is 70.0 Å². The standard InChI is InChI=1S/C28H32ClFN2O3/c1-5-23(17-6-8-18(9-7-17)26(34)35)32-25(33)24(19-14-21(29)16-22(30)15-19)31-28(32)12-10-20(11-13-28)27(2,3)4/h6-9,14-16,20,23H,5,10-13H2,1-4H3,(H,34,35)/t20?,23-,28?/m1/s1. The molecule has 1 saturated carbocycles. The zero-order valence-corrected chi connectivity index (χ0v) is 21.4. The Balaban J connectivity index is 1.77. The van der Waals surface area contributed by atoms with Gasteiger partial charge in [0.15, 0.2) is 0 Å². The Morgan fingerprint density at radius 1 is 1.20 bits per heavy atom. The summed E-state index contributed by atoms with van der Waals surface area (Å²) in [5.41, 5.74) is 1.12. The first-order chi connectivity index (χ1) is 16.4. The topological polar surface area (TPSA) is 70.0 Å². The summed E-state index contributed by atoms with van der Waals surface area (Å²) in [5, 5.41) is 9.51. The molecular formula is C28H32ClFN2O3. The number of rotatable bonds is 5. The van der Waals surface area contributed by atoms with E-state index in [1.165, 1.54) is 12.1 Å². The highest BCUT2D eigenvalue weighted by atomic mass is 35.5. The second kappa shape index (κ2) is 9.38. The molecule has 2 aromatic carbocycles. The van der Waals surface area contributed by atoms with Gasteiger partial charge in [-0.15, -0.1) is 0 Å². The Morgan fingerprint density at radius 2 is 1.83 bits per heavy atom. The van der Waals surface area contributed by atoms with Crippen molar-refractivity contribution < 1.29 is 19.1 Å². The number of benzene rings is 2. The zero-order chi connectivity index (χ0) is 25.5. The summed E-state index contributed by atoms with van der Waals surface area (Å²) in [7, 11) is 0. The maximum Gasteiger partial charge on any atom is 0.335 e. The fourth-order valence-electron chi connectivity index (χ4n) is 5.64. The minimum Gasteiger partial charge on any atom is -0.478 e. The third-order valence-electron chi connectivity index (χ3n) is 7.58. The summed E-state index contributed by atoms with van der Waals surface area (Å²) >= 11 is 6.12. The molecule has 1 N–H and O–H groups in total. The van der Waals surface area contributed by atoms with E-state index in [1.807, 2.05) is 11.8 Å². The first kappa shape index (κ1) is 25.4. The Hall–Kier alpha value is -2.73. The normalized spacial score (nSPS) is 23.5. The maximum atomic E-state index is 14.2. The molecule has 2 aliphatic rings. The zero-order valence-electron chi connectivity index (χ0n) is 20.6. The third-order valence-corrected chi connectivity index (χ3v) is 7.80. The summed E-state index contributed by atoms with van der Waals surface area (Å²) in [6.45, 7) is 8.75.